The van der Waals surface area contributed by atoms with Gasteiger partial charge in [0.05, 0.1) is 23.3 Å². The van der Waals surface area contributed by atoms with Crippen LogP contribution >= 0.6 is 22.7 Å². The number of halogens is 4. The molecule has 0 N–H and O–H groups in total. The lowest BCUT2D eigenvalue weighted by Gasteiger charge is -2.14. The van der Waals surface area contributed by atoms with Gasteiger partial charge < -0.3 is 0 Å². The molecule has 2 heterocycles. The van der Waals surface area contributed by atoms with Crippen LogP contribution in [0.4, 0.5) is 17.6 Å². The number of benzene rings is 5. The molecular formula is C42H24F4N2S2. The maximum atomic E-state index is 15.9. The number of thiophene rings is 2. The van der Waals surface area contributed by atoms with Gasteiger partial charge in [-0.3, -0.25) is 0 Å². The SMILES string of the molecule is Cc1sc(-c2ccc(-c3ccc(C#N)cc3)cc2)cc1-c1c(F)c(F)c(F)c(F)c1-c1cc(-c2ccc(-c3ccc(C#N)cc3)cc2)sc1C. The summed E-state index contributed by atoms with van der Waals surface area (Å²) in [6.07, 6.45) is 0. The van der Waals surface area contributed by atoms with Crippen molar-refractivity contribution in [3.05, 3.63) is 153 Å². The molecule has 0 radical (unpaired) electrons. The summed E-state index contributed by atoms with van der Waals surface area (Å²) in [5, 5.41) is 18.2. The summed E-state index contributed by atoms with van der Waals surface area (Å²) in [6, 6.07) is 37.4. The first kappa shape index (κ1) is 32.7. The van der Waals surface area contributed by atoms with Gasteiger partial charge in [-0.25, -0.2) is 17.6 Å². The zero-order valence-electron chi connectivity index (χ0n) is 26.6. The summed E-state index contributed by atoms with van der Waals surface area (Å²) in [6.45, 7) is 3.50. The minimum absolute atomic E-state index is 0.283. The van der Waals surface area contributed by atoms with Gasteiger partial charge in [0.1, 0.15) is 0 Å². The van der Waals surface area contributed by atoms with Crippen molar-refractivity contribution in [1.82, 2.24) is 0 Å². The van der Waals surface area contributed by atoms with Crippen molar-refractivity contribution in [2.75, 3.05) is 0 Å². The highest BCUT2D eigenvalue weighted by atomic mass is 32.1. The van der Waals surface area contributed by atoms with Crippen LogP contribution in [-0.2, 0) is 0 Å². The predicted molar refractivity (Wildman–Crippen MR) is 194 cm³/mol. The van der Waals surface area contributed by atoms with Gasteiger partial charge in [-0.1, -0.05) is 72.8 Å². The van der Waals surface area contributed by atoms with Crippen LogP contribution in [-0.4, -0.2) is 0 Å². The maximum Gasteiger partial charge on any atom is 0.198 e. The van der Waals surface area contributed by atoms with Gasteiger partial charge in [-0.2, -0.15) is 10.5 Å². The molecule has 8 heteroatoms. The van der Waals surface area contributed by atoms with Crippen LogP contribution < -0.4 is 0 Å². The Hall–Kier alpha value is -5.80. The largest absolute Gasteiger partial charge is 0.203 e. The molecule has 0 aliphatic heterocycles. The van der Waals surface area contributed by atoms with Crippen molar-refractivity contribution in [3.8, 4) is 77.5 Å². The number of nitriles is 2. The second-order valence-electron chi connectivity index (χ2n) is 11.7. The molecule has 2 aromatic heterocycles. The van der Waals surface area contributed by atoms with Gasteiger partial charge in [-0.15, -0.1) is 22.7 Å². The van der Waals surface area contributed by atoms with E-state index >= 15 is 8.78 Å². The van der Waals surface area contributed by atoms with E-state index in [1.807, 2.05) is 72.8 Å². The summed E-state index contributed by atoms with van der Waals surface area (Å²) >= 11 is 2.70. The average Bonchev–Trinajstić information content (AvgIpc) is 3.74. The topological polar surface area (TPSA) is 47.6 Å². The second-order valence-corrected chi connectivity index (χ2v) is 14.2. The van der Waals surface area contributed by atoms with Crippen LogP contribution in [0.1, 0.15) is 20.9 Å². The van der Waals surface area contributed by atoms with Gasteiger partial charge in [-0.05, 0) is 94.8 Å². The Morgan fingerprint density at radius 1 is 0.420 bits per heavy atom. The first-order valence-electron chi connectivity index (χ1n) is 15.5. The molecule has 0 bridgehead atoms. The molecule has 50 heavy (non-hydrogen) atoms. The van der Waals surface area contributed by atoms with Crippen LogP contribution in [0, 0.1) is 59.8 Å². The van der Waals surface area contributed by atoms with Crippen molar-refractivity contribution in [1.29, 1.82) is 10.5 Å². The lowest BCUT2D eigenvalue weighted by molar-refractivity contribution is 0.412. The Morgan fingerprint density at radius 2 is 0.700 bits per heavy atom. The quantitative estimate of drug-likeness (QED) is 0.0987. The van der Waals surface area contributed by atoms with E-state index in [0.29, 0.717) is 20.9 Å². The van der Waals surface area contributed by atoms with Gasteiger partial charge in [0.15, 0.2) is 23.3 Å². The minimum atomic E-state index is -1.85. The van der Waals surface area contributed by atoms with Crippen molar-refractivity contribution >= 4 is 22.7 Å². The summed E-state index contributed by atoms with van der Waals surface area (Å²) in [7, 11) is 0. The van der Waals surface area contributed by atoms with Gasteiger partial charge in [0.2, 0.25) is 0 Å². The van der Waals surface area contributed by atoms with Crippen LogP contribution in [0.25, 0.3) is 65.4 Å². The van der Waals surface area contributed by atoms with Gasteiger partial charge in [0, 0.05) is 30.6 Å². The van der Waals surface area contributed by atoms with Crippen LogP contribution in [0.2, 0.25) is 0 Å². The first-order valence-corrected chi connectivity index (χ1v) is 17.1. The molecule has 0 amide bonds. The Labute approximate surface area is 294 Å². The number of aryl methyl sites for hydroxylation is 2. The zero-order chi connectivity index (χ0) is 35.1. The summed E-state index contributed by atoms with van der Waals surface area (Å²) in [5.74, 6) is -6.60. The molecule has 2 nitrogen and oxygen atoms in total. The fraction of sp³-hybridized carbons (Fsp3) is 0.0476. The van der Waals surface area contributed by atoms with E-state index in [1.54, 1.807) is 50.2 Å². The predicted octanol–water partition coefficient (Wildman–Crippen LogP) is 12.7. The molecule has 0 atom stereocenters. The molecule has 0 saturated carbocycles. The molecule has 242 valence electrons. The van der Waals surface area contributed by atoms with Crippen LogP contribution in [0.15, 0.2) is 109 Å². The van der Waals surface area contributed by atoms with E-state index in [9.17, 15) is 8.78 Å². The van der Waals surface area contributed by atoms with Crippen molar-refractivity contribution in [3.63, 3.8) is 0 Å². The minimum Gasteiger partial charge on any atom is -0.203 e. The van der Waals surface area contributed by atoms with Crippen molar-refractivity contribution in [2.45, 2.75) is 13.8 Å². The lowest BCUT2D eigenvalue weighted by atomic mass is 9.92. The molecule has 0 spiro atoms. The first-order chi connectivity index (χ1) is 24.2. The summed E-state index contributed by atoms with van der Waals surface area (Å²) in [4.78, 5) is 2.75. The Kier molecular flexibility index (Phi) is 8.67. The third-order valence-electron chi connectivity index (χ3n) is 8.67. The molecule has 7 rings (SSSR count). The van der Waals surface area contributed by atoms with Gasteiger partial charge in [0.25, 0.3) is 0 Å². The zero-order valence-corrected chi connectivity index (χ0v) is 28.2. The Morgan fingerprint density at radius 3 is 1.00 bits per heavy atom. The molecule has 0 saturated heterocycles. The molecule has 0 unspecified atom stereocenters. The highest BCUT2D eigenvalue weighted by Crippen LogP contribution is 2.48. The monoisotopic (exact) mass is 696 g/mol. The Balaban J connectivity index is 1.27. The second kappa shape index (κ2) is 13.2. The number of hydrogen-bond acceptors (Lipinski definition) is 4. The van der Waals surface area contributed by atoms with Crippen molar-refractivity contribution in [2.24, 2.45) is 0 Å². The number of nitrogens with zero attached hydrogens (tertiary/aromatic N) is 2. The van der Waals surface area contributed by atoms with Crippen LogP contribution in [0.5, 0.6) is 0 Å². The number of hydrogen-bond donors (Lipinski definition) is 0. The molecular weight excluding hydrogens is 673 g/mol. The third kappa shape index (κ3) is 5.90. The van der Waals surface area contributed by atoms with E-state index < -0.39 is 23.3 Å². The van der Waals surface area contributed by atoms with E-state index in [4.69, 9.17) is 10.5 Å². The molecule has 0 aliphatic carbocycles. The molecule has 0 aliphatic rings. The lowest BCUT2D eigenvalue weighted by Crippen LogP contribution is -2.03. The van der Waals surface area contributed by atoms with Crippen molar-refractivity contribution < 1.29 is 17.6 Å². The molecule has 5 aromatic carbocycles. The van der Waals surface area contributed by atoms with Gasteiger partial charge >= 0.3 is 0 Å². The maximum absolute atomic E-state index is 15.9. The smallest absolute Gasteiger partial charge is 0.198 e. The number of rotatable bonds is 6. The fourth-order valence-corrected chi connectivity index (χ4v) is 8.07. The highest BCUT2D eigenvalue weighted by molar-refractivity contribution is 7.16. The highest BCUT2D eigenvalue weighted by Gasteiger charge is 2.30. The normalized spacial score (nSPS) is 11.0. The third-order valence-corrected chi connectivity index (χ3v) is 10.9. The fourth-order valence-electron chi connectivity index (χ4n) is 6.01. The molecule has 7 aromatic rings. The summed E-state index contributed by atoms with van der Waals surface area (Å²) in [5.41, 5.74) is 6.47. The summed E-state index contributed by atoms with van der Waals surface area (Å²) < 4.78 is 61.6. The van der Waals surface area contributed by atoms with E-state index in [-0.39, 0.29) is 22.3 Å². The molecule has 0 fully saturated rings. The van der Waals surface area contributed by atoms with E-state index in [1.165, 1.54) is 22.7 Å². The average molecular weight is 697 g/mol. The van der Waals surface area contributed by atoms with E-state index in [0.717, 1.165) is 43.1 Å². The van der Waals surface area contributed by atoms with Crippen LogP contribution in [0.3, 0.4) is 0 Å². The Bertz CT molecular complexity index is 2300. The standard InChI is InChI=1S/C42H24F4N2S2/c1-23-33(19-35(49-23)31-15-11-29(12-16-31)27-7-3-25(21-47)4-8-27)37-38(40(44)42(46)41(45)39(37)43)34-20-36(50-24(34)2)32-17-13-30(14-18-32)28-9-5-26(22-48)6-10-28/h3-20H,1-2H3. The van der Waals surface area contributed by atoms with E-state index in [2.05, 4.69) is 12.1 Å².